The number of nitrogens with zero attached hydrogens (tertiary/aromatic N) is 2. The van der Waals surface area contributed by atoms with Gasteiger partial charge in [-0.1, -0.05) is 11.6 Å². The van der Waals surface area contributed by atoms with E-state index in [1.54, 1.807) is 34.1 Å². The minimum atomic E-state index is -0.0821. The highest BCUT2D eigenvalue weighted by atomic mass is 35.5. The lowest BCUT2D eigenvalue weighted by atomic mass is 10.1. The number of ether oxygens (including phenoxy) is 2. The highest BCUT2D eigenvalue weighted by Crippen LogP contribution is 2.29. The van der Waals surface area contributed by atoms with Crippen LogP contribution in [0.4, 0.5) is 0 Å². The normalized spacial score (nSPS) is 14.0. The molecule has 168 valence electrons. The maximum Gasteiger partial charge on any atom is 0.270 e. The van der Waals surface area contributed by atoms with Crippen molar-refractivity contribution in [2.75, 3.05) is 39.4 Å². The molecule has 0 unspecified atom stereocenters. The molecule has 1 fully saturated rings. The van der Waals surface area contributed by atoms with E-state index in [1.165, 1.54) is 0 Å². The number of aromatic amines is 1. The van der Waals surface area contributed by atoms with E-state index in [9.17, 15) is 9.59 Å². The number of piperazine rings is 1. The van der Waals surface area contributed by atoms with Crippen LogP contribution in [0, 0.1) is 0 Å². The van der Waals surface area contributed by atoms with Crippen molar-refractivity contribution >= 4 is 34.3 Å². The summed E-state index contributed by atoms with van der Waals surface area (Å²) in [7, 11) is 0. The molecular weight excluding hydrogens is 430 g/mol. The second-order valence-corrected chi connectivity index (χ2v) is 7.96. The number of nitrogens with one attached hydrogen (secondary N) is 1. The van der Waals surface area contributed by atoms with Gasteiger partial charge in [0.25, 0.3) is 11.8 Å². The van der Waals surface area contributed by atoms with Crippen molar-refractivity contribution in [3.8, 4) is 11.5 Å². The van der Waals surface area contributed by atoms with E-state index in [-0.39, 0.29) is 11.8 Å². The lowest BCUT2D eigenvalue weighted by Crippen LogP contribution is -2.50. The SMILES string of the molecule is CCOc1ccc(C(=O)N2CCN(C(=O)c3cc4cc(Cl)ccc4[nH]3)CC2)cc1OCC. The van der Waals surface area contributed by atoms with Crippen molar-refractivity contribution in [2.24, 2.45) is 0 Å². The molecule has 32 heavy (non-hydrogen) atoms. The van der Waals surface area contributed by atoms with E-state index < -0.39 is 0 Å². The Morgan fingerprint density at radius 3 is 2.22 bits per heavy atom. The molecule has 0 spiro atoms. The minimum absolute atomic E-state index is 0.0795. The summed E-state index contributed by atoms with van der Waals surface area (Å²) in [5, 5.41) is 1.53. The number of aromatic nitrogens is 1. The first-order chi connectivity index (χ1) is 15.5. The number of benzene rings is 2. The van der Waals surface area contributed by atoms with Crippen LogP contribution in [-0.4, -0.2) is 66.0 Å². The van der Waals surface area contributed by atoms with Gasteiger partial charge < -0.3 is 24.3 Å². The molecule has 0 bridgehead atoms. The van der Waals surface area contributed by atoms with Gasteiger partial charge in [-0.05, 0) is 56.3 Å². The van der Waals surface area contributed by atoms with E-state index in [1.807, 2.05) is 32.0 Å². The number of halogens is 1. The van der Waals surface area contributed by atoms with Gasteiger partial charge in [-0.3, -0.25) is 9.59 Å². The maximum absolute atomic E-state index is 13.0. The van der Waals surface area contributed by atoms with Crippen molar-refractivity contribution in [2.45, 2.75) is 13.8 Å². The molecule has 1 N–H and O–H groups in total. The third-order valence-electron chi connectivity index (χ3n) is 5.46. The lowest BCUT2D eigenvalue weighted by Gasteiger charge is -2.34. The van der Waals surface area contributed by atoms with Crippen LogP contribution in [0.2, 0.25) is 5.02 Å². The largest absolute Gasteiger partial charge is 0.490 e. The molecule has 2 aromatic carbocycles. The predicted octanol–water partition coefficient (Wildman–Crippen LogP) is 4.22. The zero-order valence-electron chi connectivity index (χ0n) is 18.2. The molecule has 1 aliphatic heterocycles. The molecule has 1 aliphatic rings. The minimum Gasteiger partial charge on any atom is -0.490 e. The average Bonchev–Trinajstić information content (AvgIpc) is 3.23. The molecule has 0 saturated carbocycles. The van der Waals surface area contributed by atoms with Gasteiger partial charge in [0.05, 0.1) is 13.2 Å². The zero-order valence-corrected chi connectivity index (χ0v) is 18.9. The van der Waals surface area contributed by atoms with E-state index in [2.05, 4.69) is 4.98 Å². The Morgan fingerprint density at radius 1 is 0.875 bits per heavy atom. The van der Waals surface area contributed by atoms with Gasteiger partial charge >= 0.3 is 0 Å². The van der Waals surface area contributed by atoms with E-state index >= 15 is 0 Å². The topological polar surface area (TPSA) is 74.9 Å². The molecule has 1 saturated heterocycles. The molecule has 2 heterocycles. The number of hydrogen-bond acceptors (Lipinski definition) is 4. The second kappa shape index (κ2) is 9.53. The average molecular weight is 456 g/mol. The van der Waals surface area contributed by atoms with Gasteiger partial charge in [0.1, 0.15) is 5.69 Å². The van der Waals surface area contributed by atoms with Crippen LogP contribution in [-0.2, 0) is 0 Å². The van der Waals surface area contributed by atoms with Crippen LogP contribution in [0.15, 0.2) is 42.5 Å². The molecule has 8 heteroatoms. The summed E-state index contributed by atoms with van der Waals surface area (Å²) in [6, 6.07) is 12.5. The first-order valence-corrected chi connectivity index (χ1v) is 11.1. The Labute approximate surface area is 191 Å². The summed E-state index contributed by atoms with van der Waals surface area (Å²) in [5.41, 5.74) is 1.94. The molecule has 2 amide bonds. The number of carbonyl (C=O) groups excluding carboxylic acids is 2. The summed E-state index contributed by atoms with van der Waals surface area (Å²) in [6.07, 6.45) is 0. The first kappa shape index (κ1) is 22.0. The Hall–Kier alpha value is -3.19. The van der Waals surface area contributed by atoms with Crippen LogP contribution in [0.5, 0.6) is 11.5 Å². The molecule has 7 nitrogen and oxygen atoms in total. The van der Waals surface area contributed by atoms with Crippen molar-refractivity contribution in [1.29, 1.82) is 0 Å². The van der Waals surface area contributed by atoms with E-state index in [0.29, 0.717) is 67.2 Å². The maximum atomic E-state index is 13.0. The van der Waals surface area contributed by atoms with Crippen LogP contribution < -0.4 is 9.47 Å². The molecule has 4 rings (SSSR count). The molecule has 3 aromatic rings. The van der Waals surface area contributed by atoms with Gasteiger partial charge in [0.15, 0.2) is 11.5 Å². The van der Waals surface area contributed by atoms with E-state index in [4.69, 9.17) is 21.1 Å². The Bertz CT molecular complexity index is 1140. The fourth-order valence-corrected chi connectivity index (χ4v) is 4.05. The highest BCUT2D eigenvalue weighted by molar-refractivity contribution is 6.31. The molecule has 0 aliphatic carbocycles. The molecule has 1 aromatic heterocycles. The third-order valence-corrected chi connectivity index (χ3v) is 5.69. The fraction of sp³-hybridized carbons (Fsp3) is 0.333. The third kappa shape index (κ3) is 4.53. The summed E-state index contributed by atoms with van der Waals surface area (Å²) < 4.78 is 11.2. The fourth-order valence-electron chi connectivity index (χ4n) is 3.87. The van der Waals surface area contributed by atoms with Gasteiger partial charge in [-0.25, -0.2) is 0 Å². The van der Waals surface area contributed by atoms with Crippen molar-refractivity contribution < 1.29 is 19.1 Å². The van der Waals surface area contributed by atoms with Crippen molar-refractivity contribution in [1.82, 2.24) is 14.8 Å². The van der Waals surface area contributed by atoms with Crippen molar-refractivity contribution in [3.63, 3.8) is 0 Å². The molecule has 0 radical (unpaired) electrons. The van der Waals surface area contributed by atoms with E-state index in [0.717, 1.165) is 10.9 Å². The zero-order chi connectivity index (χ0) is 22.7. The van der Waals surface area contributed by atoms with Gasteiger partial charge in [-0.2, -0.15) is 0 Å². The monoisotopic (exact) mass is 455 g/mol. The number of H-pyrrole nitrogens is 1. The standard InChI is InChI=1S/C24H26ClN3O4/c1-3-31-21-8-5-16(15-22(21)32-4-2)23(29)27-9-11-28(12-10-27)24(30)20-14-17-13-18(25)6-7-19(17)26-20/h5-8,13-15,26H,3-4,9-12H2,1-2H3. The summed E-state index contributed by atoms with van der Waals surface area (Å²) in [5.74, 6) is 1.03. The first-order valence-electron chi connectivity index (χ1n) is 10.8. The van der Waals surface area contributed by atoms with Gasteiger partial charge in [0.2, 0.25) is 0 Å². The van der Waals surface area contributed by atoms with Crippen LogP contribution in [0.3, 0.4) is 0 Å². The summed E-state index contributed by atoms with van der Waals surface area (Å²) in [6.45, 7) is 6.67. The van der Waals surface area contributed by atoms with Gasteiger partial charge in [-0.15, -0.1) is 0 Å². The van der Waals surface area contributed by atoms with Crippen LogP contribution in [0.1, 0.15) is 34.7 Å². The number of rotatable bonds is 6. The summed E-state index contributed by atoms with van der Waals surface area (Å²) >= 11 is 6.04. The number of carbonyl (C=O) groups is 2. The quantitative estimate of drug-likeness (QED) is 0.604. The Balaban J connectivity index is 1.42. The van der Waals surface area contributed by atoms with Crippen LogP contribution in [0.25, 0.3) is 10.9 Å². The Kier molecular flexibility index (Phi) is 6.55. The smallest absolute Gasteiger partial charge is 0.270 e. The highest BCUT2D eigenvalue weighted by Gasteiger charge is 2.27. The van der Waals surface area contributed by atoms with Crippen molar-refractivity contribution in [3.05, 3.63) is 58.7 Å². The second-order valence-electron chi connectivity index (χ2n) is 7.53. The number of fused-ring (bicyclic) bond motifs is 1. The van der Waals surface area contributed by atoms with Gasteiger partial charge in [0, 0.05) is 47.7 Å². The van der Waals surface area contributed by atoms with Crippen LogP contribution >= 0.6 is 11.6 Å². The summed E-state index contributed by atoms with van der Waals surface area (Å²) in [4.78, 5) is 32.7. The number of hydrogen-bond donors (Lipinski definition) is 1. The Morgan fingerprint density at radius 2 is 1.53 bits per heavy atom. The number of amides is 2. The predicted molar refractivity (Wildman–Crippen MR) is 124 cm³/mol. The molecular formula is C24H26ClN3O4. The lowest BCUT2D eigenvalue weighted by molar-refractivity contribution is 0.0532. The molecule has 0 atom stereocenters.